The van der Waals surface area contributed by atoms with Crippen LogP contribution in [-0.4, -0.2) is 65.2 Å². The van der Waals surface area contributed by atoms with Crippen LogP contribution in [0.25, 0.3) is 11.3 Å². The fourth-order valence-corrected chi connectivity index (χ4v) is 4.52. The fourth-order valence-electron chi connectivity index (χ4n) is 4.09. The van der Waals surface area contributed by atoms with Crippen molar-refractivity contribution in [3.8, 4) is 5.82 Å². The summed E-state index contributed by atoms with van der Waals surface area (Å²) in [5, 5.41) is 33.2. The molecule has 3 N–H and O–H groups in total. The number of rotatable bonds is 4. The number of aliphatic hydroxyl groups excluding tert-OH is 2. The number of halogens is 5. The Bertz CT molecular complexity index is 1520. The van der Waals surface area contributed by atoms with Crippen LogP contribution in [0.5, 0.6) is 0 Å². The number of carbonyl (C=O) groups is 1. The molecule has 0 aromatic carbocycles. The van der Waals surface area contributed by atoms with E-state index in [2.05, 4.69) is 25.6 Å². The van der Waals surface area contributed by atoms with Crippen LogP contribution in [0.3, 0.4) is 0 Å². The zero-order valence-electron chi connectivity index (χ0n) is 18.8. The molecule has 0 saturated heterocycles. The van der Waals surface area contributed by atoms with Crippen LogP contribution < -0.4 is 10.2 Å². The lowest BCUT2D eigenvalue weighted by atomic mass is 9.87. The third kappa shape index (κ3) is 4.15. The van der Waals surface area contributed by atoms with E-state index in [9.17, 15) is 23.1 Å². The van der Waals surface area contributed by atoms with Crippen LogP contribution in [0.2, 0.25) is 10.2 Å². The highest BCUT2D eigenvalue weighted by atomic mass is 35.5. The van der Waals surface area contributed by atoms with E-state index in [4.69, 9.17) is 28.3 Å². The number of urea groups is 1. The highest BCUT2D eigenvalue weighted by Crippen LogP contribution is 2.50. The Morgan fingerprint density at radius 2 is 2.00 bits per heavy atom. The Hall–Kier alpha value is -3.46. The number of aliphatic hydroxyl groups is 2. The van der Waals surface area contributed by atoms with E-state index in [-0.39, 0.29) is 38.8 Å². The molecule has 0 spiro atoms. The minimum atomic E-state index is -4.70. The lowest BCUT2D eigenvalue weighted by molar-refractivity contribution is -0.181. The number of hydrogen-bond acceptors (Lipinski definition) is 7. The monoisotopic (exact) mass is 556 g/mol. The van der Waals surface area contributed by atoms with Gasteiger partial charge in [-0.05, 0) is 25.1 Å². The first-order valence-corrected chi connectivity index (χ1v) is 11.4. The molecular formula is C21H17Cl2F3N8O3. The molecule has 0 aliphatic carbocycles. The van der Waals surface area contributed by atoms with E-state index in [1.54, 1.807) is 0 Å². The minimum absolute atomic E-state index is 0.00767. The maximum Gasteiger partial charge on any atom is 0.401 e. The molecule has 37 heavy (non-hydrogen) atoms. The van der Waals surface area contributed by atoms with E-state index in [1.165, 1.54) is 36.7 Å². The molecule has 0 fully saturated rings. The summed E-state index contributed by atoms with van der Waals surface area (Å²) in [5.74, 6) is 0.0603. The van der Waals surface area contributed by atoms with Gasteiger partial charge in [0.1, 0.15) is 17.2 Å². The molecule has 194 valence electrons. The Balaban J connectivity index is 1.45. The zero-order valence-corrected chi connectivity index (χ0v) is 20.3. The first kappa shape index (κ1) is 25.2. The van der Waals surface area contributed by atoms with Gasteiger partial charge in [-0.3, -0.25) is 4.90 Å². The van der Waals surface area contributed by atoms with Crippen molar-refractivity contribution in [3.05, 3.63) is 58.2 Å². The summed E-state index contributed by atoms with van der Waals surface area (Å²) in [6, 6.07) is 4.84. The summed E-state index contributed by atoms with van der Waals surface area (Å²) in [7, 11) is 0. The Morgan fingerprint density at radius 1 is 1.24 bits per heavy atom. The van der Waals surface area contributed by atoms with E-state index in [1.807, 2.05) is 0 Å². The van der Waals surface area contributed by atoms with Gasteiger partial charge in [0.2, 0.25) is 0 Å². The van der Waals surface area contributed by atoms with Crippen LogP contribution >= 0.6 is 23.2 Å². The van der Waals surface area contributed by atoms with Crippen molar-refractivity contribution in [2.45, 2.75) is 24.6 Å². The average molecular weight is 557 g/mol. The zero-order chi connectivity index (χ0) is 26.7. The molecule has 16 heteroatoms. The molecule has 2 amide bonds. The van der Waals surface area contributed by atoms with Crippen molar-refractivity contribution in [2.24, 2.45) is 0 Å². The van der Waals surface area contributed by atoms with E-state index >= 15 is 0 Å². The summed E-state index contributed by atoms with van der Waals surface area (Å²) < 4.78 is 43.9. The minimum Gasteiger partial charge on any atom is -0.393 e. The number of hydrogen-bond donors (Lipinski definition) is 3. The van der Waals surface area contributed by atoms with E-state index < -0.39 is 36.9 Å². The summed E-state index contributed by atoms with van der Waals surface area (Å²) in [4.78, 5) is 19.2. The Morgan fingerprint density at radius 3 is 2.68 bits per heavy atom. The van der Waals surface area contributed by atoms with Crippen LogP contribution in [0.15, 0.2) is 36.7 Å². The van der Waals surface area contributed by atoms with Crippen molar-refractivity contribution >= 4 is 46.1 Å². The molecule has 4 aromatic rings. The Kier molecular flexibility index (Phi) is 6.02. The molecule has 4 aromatic heterocycles. The second kappa shape index (κ2) is 8.83. The van der Waals surface area contributed by atoms with Crippen LogP contribution in [0.1, 0.15) is 24.4 Å². The highest BCUT2D eigenvalue weighted by molar-refractivity contribution is 6.32. The van der Waals surface area contributed by atoms with Gasteiger partial charge in [-0.15, -0.1) is 9.90 Å². The topological polar surface area (TPSA) is 134 Å². The number of anilines is 2. The van der Waals surface area contributed by atoms with E-state index in [0.29, 0.717) is 5.52 Å². The predicted molar refractivity (Wildman–Crippen MR) is 126 cm³/mol. The molecule has 11 nitrogen and oxygen atoms in total. The maximum absolute atomic E-state index is 14.3. The van der Waals surface area contributed by atoms with Crippen molar-refractivity contribution in [1.29, 1.82) is 0 Å². The number of fused-ring (bicyclic) bond motifs is 3. The first-order chi connectivity index (χ1) is 17.4. The van der Waals surface area contributed by atoms with Gasteiger partial charge in [0.25, 0.3) is 0 Å². The van der Waals surface area contributed by atoms with Gasteiger partial charge in [0, 0.05) is 12.6 Å². The van der Waals surface area contributed by atoms with Crippen LogP contribution in [0, 0.1) is 0 Å². The second-order valence-corrected chi connectivity index (χ2v) is 9.30. The second-order valence-electron chi connectivity index (χ2n) is 8.50. The molecule has 0 bridgehead atoms. The number of pyridine rings is 2. The average Bonchev–Trinajstić information content (AvgIpc) is 3.53. The summed E-state index contributed by atoms with van der Waals surface area (Å²) in [6.07, 6.45) is -3.49. The fraction of sp³-hybridized carbons (Fsp3) is 0.286. The van der Waals surface area contributed by atoms with Crippen molar-refractivity contribution < 1.29 is 28.2 Å². The van der Waals surface area contributed by atoms with Gasteiger partial charge < -0.3 is 15.5 Å². The van der Waals surface area contributed by atoms with Gasteiger partial charge in [-0.1, -0.05) is 23.2 Å². The molecule has 5 heterocycles. The van der Waals surface area contributed by atoms with Gasteiger partial charge in [0.15, 0.2) is 11.0 Å². The quantitative estimate of drug-likeness (QED) is 0.350. The third-order valence-electron chi connectivity index (χ3n) is 6.02. The molecule has 5 rings (SSSR count). The molecule has 1 aliphatic rings. The number of aromatic nitrogens is 6. The lowest BCUT2D eigenvalue weighted by Crippen LogP contribution is -2.46. The molecule has 0 unspecified atom stereocenters. The number of alkyl halides is 3. The van der Waals surface area contributed by atoms with Crippen molar-refractivity contribution in [3.63, 3.8) is 0 Å². The maximum atomic E-state index is 14.3. The number of amides is 2. The van der Waals surface area contributed by atoms with Crippen molar-refractivity contribution in [1.82, 2.24) is 29.6 Å². The third-order valence-corrected chi connectivity index (χ3v) is 6.48. The normalized spacial score (nSPS) is 18.3. The number of nitrogens with one attached hydrogen (secondary N) is 1. The molecule has 2 atom stereocenters. The highest BCUT2D eigenvalue weighted by Gasteiger charge is 2.60. The van der Waals surface area contributed by atoms with Gasteiger partial charge >= 0.3 is 12.2 Å². The number of nitrogens with zero attached hydrogens (tertiary/aromatic N) is 7. The molecule has 0 radical (unpaired) electrons. The van der Waals surface area contributed by atoms with Crippen LogP contribution in [-0.2, 0) is 5.41 Å². The molecular weight excluding hydrogens is 540 g/mol. The van der Waals surface area contributed by atoms with Gasteiger partial charge in [-0.25, -0.2) is 14.3 Å². The van der Waals surface area contributed by atoms with Crippen LogP contribution in [0.4, 0.5) is 29.3 Å². The largest absolute Gasteiger partial charge is 0.401 e. The summed E-state index contributed by atoms with van der Waals surface area (Å²) in [5.41, 5.74) is -2.06. The van der Waals surface area contributed by atoms with Crippen molar-refractivity contribution in [2.75, 3.05) is 23.4 Å². The molecule has 1 aliphatic heterocycles. The molecule has 0 saturated carbocycles. The van der Waals surface area contributed by atoms with Gasteiger partial charge in [0.05, 0.1) is 46.6 Å². The summed E-state index contributed by atoms with van der Waals surface area (Å²) in [6.45, 7) is -0.252. The first-order valence-electron chi connectivity index (χ1n) is 10.6. The van der Waals surface area contributed by atoms with E-state index in [0.717, 1.165) is 21.1 Å². The predicted octanol–water partition coefficient (Wildman–Crippen LogP) is 3.51. The summed E-state index contributed by atoms with van der Waals surface area (Å²) >= 11 is 12.2. The lowest BCUT2D eigenvalue weighted by Gasteiger charge is -2.28. The Labute approximate surface area is 216 Å². The SMILES string of the molecule is C[C@@]1(C(F)(F)F)CN(C(=O)Nc2cnc(-n3ncc([C@@H](O)CO)n3)c(Cl)c2)c2ccc3cc(Cl)nn3c21. The smallest absolute Gasteiger partial charge is 0.393 e. The van der Waals surface area contributed by atoms with Gasteiger partial charge in [-0.2, -0.15) is 23.4 Å². The number of carbonyl (C=O) groups excluding carboxylic acids is 1. The standard InChI is InChI=1S/C21H17Cl2F3N8O3/c1-20(21(24,25)26)9-32(14-3-2-11-5-16(23)31-33(11)17(14)20)19(37)29-10-4-12(22)18(27-6-10)34-28-7-13(30-34)15(36)8-35/h2-7,15,35-36H,8-9H2,1H3,(H,29,37)/t15-,20+/m0/s1.